The number of nitrogens with zero attached hydrogens (tertiary/aromatic N) is 1. The van der Waals surface area contributed by atoms with Gasteiger partial charge in [0.05, 0.1) is 0 Å². The molecule has 1 aliphatic carbocycles. The molecule has 16 heavy (non-hydrogen) atoms. The van der Waals surface area contributed by atoms with Crippen molar-refractivity contribution in [3.63, 3.8) is 0 Å². The molecule has 0 aromatic rings. The molecule has 1 saturated carbocycles. The van der Waals surface area contributed by atoms with Crippen molar-refractivity contribution in [2.24, 2.45) is 0 Å². The van der Waals surface area contributed by atoms with Gasteiger partial charge in [-0.25, -0.2) is 0 Å². The molecule has 1 aliphatic heterocycles. The Morgan fingerprint density at radius 2 is 1.50 bits per heavy atom. The molecule has 2 fully saturated rings. The largest absolute Gasteiger partial charge is 0.319 e. The lowest BCUT2D eigenvalue weighted by atomic mass is 9.95. The number of hydrogen-bond donors (Lipinski definition) is 0. The average Bonchev–Trinajstić information content (AvgIpc) is 2.67. The quantitative estimate of drug-likeness (QED) is 0.660. The van der Waals surface area contributed by atoms with Crippen molar-refractivity contribution in [3.05, 3.63) is 0 Å². The Hall–Kier alpha value is 0.177. The second-order valence-corrected chi connectivity index (χ2v) is 11.0. The highest BCUT2D eigenvalue weighted by Gasteiger charge is 2.42. The number of hydrogen-bond acceptors (Lipinski definition) is 1. The van der Waals surface area contributed by atoms with Crippen LogP contribution < -0.4 is 0 Å². The third-order valence-corrected chi connectivity index (χ3v) is 9.82. The molecule has 1 nitrogen and oxygen atoms in total. The fourth-order valence-electron chi connectivity index (χ4n) is 4.24. The van der Waals surface area contributed by atoms with E-state index < -0.39 is 8.24 Å². The van der Waals surface area contributed by atoms with Gasteiger partial charge in [0.25, 0.3) is 0 Å². The standard InChI is InChI=1S/C14H29NSi/c1-13(2)15(14-9-5-4-6-10-14)16(3)11-7-8-12-16/h13-14H,4-12H2,1-3H3. The van der Waals surface area contributed by atoms with Gasteiger partial charge in [-0.2, -0.15) is 0 Å². The van der Waals surface area contributed by atoms with E-state index in [0.29, 0.717) is 0 Å². The Balaban J connectivity index is 2.09. The van der Waals surface area contributed by atoms with Crippen LogP contribution >= 0.6 is 0 Å². The molecule has 0 aromatic carbocycles. The highest BCUT2D eigenvalue weighted by Crippen LogP contribution is 2.38. The van der Waals surface area contributed by atoms with Crippen LogP contribution in [0.1, 0.15) is 58.8 Å². The van der Waals surface area contributed by atoms with Gasteiger partial charge in [0, 0.05) is 6.04 Å². The van der Waals surface area contributed by atoms with Gasteiger partial charge in [-0.1, -0.05) is 52.5 Å². The molecule has 0 N–H and O–H groups in total. The molecule has 1 saturated heterocycles. The van der Waals surface area contributed by atoms with Crippen LogP contribution in [0, 0.1) is 0 Å². The molecule has 94 valence electrons. The van der Waals surface area contributed by atoms with E-state index in [-0.39, 0.29) is 0 Å². The van der Waals surface area contributed by atoms with Gasteiger partial charge in [0.1, 0.15) is 8.24 Å². The van der Waals surface area contributed by atoms with Crippen LogP contribution in [0.15, 0.2) is 0 Å². The molecule has 0 radical (unpaired) electrons. The normalized spacial score (nSPS) is 26.8. The first-order chi connectivity index (χ1) is 7.63. The topological polar surface area (TPSA) is 3.24 Å². The predicted molar refractivity (Wildman–Crippen MR) is 74.3 cm³/mol. The highest BCUT2D eigenvalue weighted by molar-refractivity contribution is 6.76. The summed E-state index contributed by atoms with van der Waals surface area (Å²) in [5.74, 6) is 0. The van der Waals surface area contributed by atoms with Crippen molar-refractivity contribution in [2.45, 2.75) is 89.5 Å². The second kappa shape index (κ2) is 5.22. The van der Waals surface area contributed by atoms with Gasteiger partial charge in [-0.3, -0.25) is 0 Å². The minimum atomic E-state index is -1.03. The molecule has 0 unspecified atom stereocenters. The lowest BCUT2D eigenvalue weighted by Crippen LogP contribution is -2.57. The van der Waals surface area contributed by atoms with Gasteiger partial charge in [-0.15, -0.1) is 0 Å². The van der Waals surface area contributed by atoms with Gasteiger partial charge in [0.15, 0.2) is 0 Å². The number of rotatable bonds is 3. The lowest BCUT2D eigenvalue weighted by Gasteiger charge is -2.47. The fraction of sp³-hybridized carbons (Fsp3) is 1.00. The molecule has 0 bridgehead atoms. The van der Waals surface area contributed by atoms with E-state index in [4.69, 9.17) is 0 Å². The maximum absolute atomic E-state index is 3.03. The SMILES string of the molecule is CC(C)N(C1CCCCC1)[Si]1(C)CCCC1. The summed E-state index contributed by atoms with van der Waals surface area (Å²) in [6.45, 7) is 7.53. The zero-order valence-corrected chi connectivity index (χ0v) is 12.5. The Morgan fingerprint density at radius 1 is 0.938 bits per heavy atom. The Bertz CT molecular complexity index is 215. The first-order valence-electron chi connectivity index (χ1n) is 7.42. The molecule has 2 aliphatic rings. The third-order valence-electron chi connectivity index (χ3n) is 4.83. The molecule has 2 heteroatoms. The molecule has 0 aromatic heterocycles. The molecule has 0 atom stereocenters. The van der Waals surface area contributed by atoms with E-state index in [9.17, 15) is 0 Å². The van der Waals surface area contributed by atoms with Crippen molar-refractivity contribution in [3.8, 4) is 0 Å². The first kappa shape index (κ1) is 12.6. The monoisotopic (exact) mass is 239 g/mol. The maximum atomic E-state index is 3.03. The van der Waals surface area contributed by atoms with E-state index >= 15 is 0 Å². The van der Waals surface area contributed by atoms with Crippen molar-refractivity contribution in [1.82, 2.24) is 4.57 Å². The summed E-state index contributed by atoms with van der Waals surface area (Å²) in [6.07, 6.45) is 10.5. The summed E-state index contributed by atoms with van der Waals surface area (Å²) in [5, 5.41) is 0. The van der Waals surface area contributed by atoms with Crippen LogP contribution in [0.4, 0.5) is 0 Å². The zero-order chi connectivity index (χ0) is 11.6. The average molecular weight is 239 g/mol. The van der Waals surface area contributed by atoms with Crippen molar-refractivity contribution in [1.29, 1.82) is 0 Å². The summed E-state index contributed by atoms with van der Waals surface area (Å²) < 4.78 is 3.03. The zero-order valence-electron chi connectivity index (χ0n) is 11.5. The molecule has 1 heterocycles. The highest BCUT2D eigenvalue weighted by atomic mass is 28.3. The summed E-state index contributed by atoms with van der Waals surface area (Å²) in [6, 6.07) is 4.88. The maximum Gasteiger partial charge on any atom is 0.125 e. The lowest BCUT2D eigenvalue weighted by molar-refractivity contribution is 0.209. The molecular formula is C14H29NSi. The van der Waals surface area contributed by atoms with Gasteiger partial charge < -0.3 is 4.57 Å². The molecular weight excluding hydrogens is 210 g/mol. The van der Waals surface area contributed by atoms with E-state index in [1.165, 1.54) is 44.9 Å². The molecule has 0 spiro atoms. The van der Waals surface area contributed by atoms with Gasteiger partial charge >= 0.3 is 0 Å². The van der Waals surface area contributed by atoms with E-state index in [2.05, 4.69) is 25.0 Å². The van der Waals surface area contributed by atoms with E-state index in [1.807, 2.05) is 0 Å². The van der Waals surface area contributed by atoms with Crippen LogP contribution in [0.25, 0.3) is 0 Å². The molecule has 2 rings (SSSR count). The second-order valence-electron chi connectivity index (χ2n) is 6.50. The Kier molecular flexibility index (Phi) is 4.12. The van der Waals surface area contributed by atoms with Crippen LogP contribution in [0.3, 0.4) is 0 Å². The van der Waals surface area contributed by atoms with Crippen molar-refractivity contribution < 1.29 is 0 Å². The van der Waals surface area contributed by atoms with E-state index in [1.54, 1.807) is 12.1 Å². The minimum Gasteiger partial charge on any atom is -0.319 e. The summed E-state index contributed by atoms with van der Waals surface area (Å²) in [5.41, 5.74) is 0. The van der Waals surface area contributed by atoms with Crippen molar-refractivity contribution >= 4 is 8.24 Å². The molecule has 0 amide bonds. The minimum absolute atomic E-state index is 0.790. The fourth-order valence-corrected chi connectivity index (χ4v) is 9.42. The smallest absolute Gasteiger partial charge is 0.125 e. The first-order valence-corrected chi connectivity index (χ1v) is 10.3. The third kappa shape index (κ3) is 2.53. The van der Waals surface area contributed by atoms with Crippen molar-refractivity contribution in [2.75, 3.05) is 0 Å². The summed E-state index contributed by atoms with van der Waals surface area (Å²) in [7, 11) is -1.03. The van der Waals surface area contributed by atoms with Crippen LogP contribution in [0.5, 0.6) is 0 Å². The van der Waals surface area contributed by atoms with Gasteiger partial charge in [-0.05, 0) is 31.0 Å². The van der Waals surface area contributed by atoms with Crippen LogP contribution in [-0.2, 0) is 0 Å². The predicted octanol–water partition coefficient (Wildman–Crippen LogP) is 4.40. The van der Waals surface area contributed by atoms with Crippen LogP contribution in [0.2, 0.25) is 18.6 Å². The van der Waals surface area contributed by atoms with Crippen LogP contribution in [-0.4, -0.2) is 24.9 Å². The van der Waals surface area contributed by atoms with E-state index in [0.717, 1.165) is 12.1 Å². The summed E-state index contributed by atoms with van der Waals surface area (Å²) >= 11 is 0. The van der Waals surface area contributed by atoms with Gasteiger partial charge in [0.2, 0.25) is 0 Å². The summed E-state index contributed by atoms with van der Waals surface area (Å²) in [4.78, 5) is 0. The Morgan fingerprint density at radius 3 is 2.00 bits per heavy atom. The Labute approximate surface area is 103 Å².